The van der Waals surface area contributed by atoms with Crippen LogP contribution >= 0.6 is 0 Å². The highest BCUT2D eigenvalue weighted by molar-refractivity contribution is 5.70. The van der Waals surface area contributed by atoms with Gasteiger partial charge in [0.2, 0.25) is 0 Å². The summed E-state index contributed by atoms with van der Waals surface area (Å²) in [6, 6.07) is 0. The maximum absolute atomic E-state index is 10.9. The van der Waals surface area contributed by atoms with Crippen LogP contribution in [-0.4, -0.2) is 293 Å². The summed E-state index contributed by atoms with van der Waals surface area (Å²) < 4.78 is 22.8. The number of ether oxygens (including phenoxy) is 3. The van der Waals surface area contributed by atoms with E-state index in [-0.39, 0.29) is 52.7 Å². The Morgan fingerprint density at radius 2 is 0.411 bits per heavy atom. The molecule has 0 saturated carbocycles. The first-order valence-electron chi connectivity index (χ1n) is 46.8. The second-order valence-electron chi connectivity index (χ2n) is 33.3. The first-order chi connectivity index (χ1) is 53.6. The van der Waals surface area contributed by atoms with Crippen molar-refractivity contribution in [1.29, 1.82) is 0 Å². The second-order valence-corrected chi connectivity index (χ2v) is 33.3. The molecule has 0 spiro atoms. The number of nitrogens with zero attached hydrogens (tertiary/aromatic N) is 7. The number of quaternary nitrogens is 4. The van der Waals surface area contributed by atoms with Crippen molar-refractivity contribution in [3.05, 3.63) is 0 Å². The maximum atomic E-state index is 10.9. The van der Waals surface area contributed by atoms with Crippen molar-refractivity contribution in [2.24, 2.45) is 5.41 Å². The number of aliphatic hydroxyl groups is 3. The minimum absolute atomic E-state index is 0.00762. The van der Waals surface area contributed by atoms with E-state index >= 15 is 0 Å². The molecule has 0 radical (unpaired) electrons. The zero-order chi connectivity index (χ0) is 85.6. The van der Waals surface area contributed by atoms with E-state index in [9.17, 15) is 54.9 Å². The van der Waals surface area contributed by atoms with Crippen LogP contribution in [0.5, 0.6) is 0 Å². The van der Waals surface area contributed by atoms with Gasteiger partial charge in [-0.05, 0) is 122 Å². The molecule has 0 aromatic rings. The van der Waals surface area contributed by atoms with E-state index in [2.05, 4.69) is 111 Å². The lowest BCUT2D eigenvalue weighted by Crippen LogP contribution is -2.50. The first kappa shape index (κ1) is 118. The lowest BCUT2D eigenvalue weighted by Gasteiger charge is -2.39. The fraction of sp³-hybridized carbons (Fsp3) is 0.956. The van der Waals surface area contributed by atoms with Crippen molar-refractivity contribution in [3.63, 3.8) is 0 Å². The molecule has 0 aliphatic carbocycles. The molecule has 3 unspecified atom stereocenters. The Kier molecular flexibility index (Phi) is 85.0. The van der Waals surface area contributed by atoms with Gasteiger partial charge in [-0.3, -0.25) is 9.80 Å². The van der Waals surface area contributed by atoms with Gasteiger partial charge in [0.05, 0.1) is 187 Å². The molecule has 0 aromatic heterocycles. The summed E-state index contributed by atoms with van der Waals surface area (Å²) >= 11 is 0. The predicted molar refractivity (Wildman–Crippen MR) is 461 cm³/mol. The summed E-state index contributed by atoms with van der Waals surface area (Å²) in [6.45, 7) is 63.3. The molecule has 0 fully saturated rings. The molecule has 21 heteroatoms. The van der Waals surface area contributed by atoms with Crippen molar-refractivity contribution < 1.29 is 87.1 Å². The number of hydrogen-bond acceptors (Lipinski definition) is 17. The predicted octanol–water partition coefficient (Wildman–Crippen LogP) is 12.5. The van der Waals surface area contributed by atoms with Crippen molar-refractivity contribution in [3.8, 4) is 0 Å². The van der Waals surface area contributed by atoms with Crippen LogP contribution in [0.4, 0.5) is 0 Å². The molecule has 112 heavy (non-hydrogen) atoms. The molecule has 0 saturated heterocycles. The van der Waals surface area contributed by atoms with Crippen LogP contribution in [-0.2, 0) is 33.4 Å². The molecule has 3 N–H and O–H groups in total. The third kappa shape index (κ3) is 68.3. The van der Waals surface area contributed by atoms with Gasteiger partial charge in [-0.25, -0.2) is 0 Å². The van der Waals surface area contributed by atoms with Gasteiger partial charge in [-0.15, -0.1) is 0 Å². The summed E-state index contributed by atoms with van der Waals surface area (Å²) in [7, 11) is 0. The van der Waals surface area contributed by atoms with Crippen LogP contribution in [0.2, 0.25) is 0 Å². The molecule has 674 valence electrons. The van der Waals surface area contributed by atoms with Crippen LogP contribution < -0.4 is 20.4 Å². The van der Waals surface area contributed by atoms with E-state index in [0.717, 1.165) is 22.9 Å². The number of unbranched alkanes of at least 4 members (excludes halogenated alkanes) is 16. The number of likely N-dealkylation sites (N-methyl/N-ethyl adjacent to an activating group) is 1. The molecular formula is C91H191N7O14. The smallest absolute Gasteiger partial charge is 0.0900 e. The molecule has 0 amide bonds. The zero-order valence-electron chi connectivity index (χ0n) is 77.4. The minimum atomic E-state index is -1.54. The summed E-state index contributed by atoms with van der Waals surface area (Å²) in [6.07, 6.45) is 41.3. The second kappa shape index (κ2) is 80.8. The summed E-state index contributed by atoms with van der Waals surface area (Å²) in [5.74, 6) is -6.14. The van der Waals surface area contributed by atoms with Crippen LogP contribution in [0.1, 0.15) is 343 Å². The molecule has 0 aromatic carbocycles. The number of rotatable bonds is 77. The number of aliphatic carboxylic acids is 4. The highest BCUT2D eigenvalue weighted by Gasteiger charge is 2.33. The molecule has 21 nitrogen and oxygen atoms in total. The number of carbonyl (C=O) groups excluding carboxylic acids is 4. The van der Waals surface area contributed by atoms with Gasteiger partial charge in [0.25, 0.3) is 0 Å². The maximum Gasteiger partial charge on any atom is 0.0900 e. The van der Waals surface area contributed by atoms with E-state index in [0.29, 0.717) is 13.0 Å². The van der Waals surface area contributed by atoms with Crippen LogP contribution in [0, 0.1) is 5.41 Å². The van der Waals surface area contributed by atoms with Gasteiger partial charge in [0, 0.05) is 51.2 Å². The van der Waals surface area contributed by atoms with Gasteiger partial charge < -0.3 is 92.0 Å². The van der Waals surface area contributed by atoms with Crippen LogP contribution in [0.25, 0.3) is 0 Å². The van der Waals surface area contributed by atoms with E-state index in [4.69, 9.17) is 14.2 Å². The fourth-order valence-corrected chi connectivity index (χ4v) is 14.9. The molecule has 3 atom stereocenters. The lowest BCUT2D eigenvalue weighted by atomic mass is 9.88. The van der Waals surface area contributed by atoms with Crippen LogP contribution in [0.15, 0.2) is 0 Å². The average molecular weight is 1610 g/mol. The fourth-order valence-electron chi connectivity index (χ4n) is 14.9. The first-order valence-corrected chi connectivity index (χ1v) is 46.8. The highest BCUT2D eigenvalue weighted by atomic mass is 16.5. The topological polar surface area (TPSA) is 259 Å². The molecular weight excluding hydrogens is 1420 g/mol. The zero-order valence-corrected chi connectivity index (χ0v) is 77.4. The normalized spacial score (nSPS) is 13.3. The van der Waals surface area contributed by atoms with Crippen molar-refractivity contribution in [1.82, 2.24) is 14.7 Å². The third-order valence-corrected chi connectivity index (χ3v) is 22.4. The number of carboxylic acids is 4. The van der Waals surface area contributed by atoms with Gasteiger partial charge in [-0.1, -0.05) is 234 Å². The number of aliphatic hydroxyl groups excluding tert-OH is 3. The Balaban J connectivity index is -0.000000466. The highest BCUT2D eigenvalue weighted by Crippen LogP contribution is 2.26. The van der Waals surface area contributed by atoms with Crippen molar-refractivity contribution in [2.75, 3.05) is 203 Å². The van der Waals surface area contributed by atoms with Crippen molar-refractivity contribution >= 4 is 23.9 Å². The number of hydrogen-bond donors (Lipinski definition) is 3. The van der Waals surface area contributed by atoms with Crippen LogP contribution in [0.3, 0.4) is 0 Å². The van der Waals surface area contributed by atoms with E-state index < -0.39 is 73.8 Å². The molecule has 0 aliphatic rings. The quantitative estimate of drug-likeness (QED) is 0.0478. The standard InChI is InChI=1S/C27H51N3O14.4C16H36N/c1-4-27(17-42-14-20(31)7-28(5-2)6-3,18-43-15-21(32)8-29(10-23(34)35)11-24(36)37)19-44-16-22(33)9-30(12-25(38)39)13-26(40)41;4*1-5-9-13-17(14-10-6-2,15-11-7-3)16-12-8-4/h20-22,31-33H,4-19H2,1-3H3,(H,34,35)(H,36,37)(H,38,39)(H,40,41);4*5-16H2,1-4H3/q;4*+1/p-4. The molecule has 0 bridgehead atoms. The number of carboxylic acid groups (broad SMARTS) is 4. The largest absolute Gasteiger partial charge is 0.549 e. The van der Waals surface area contributed by atoms with Gasteiger partial charge >= 0.3 is 0 Å². The molecule has 0 heterocycles. The minimum Gasteiger partial charge on any atom is -0.549 e. The SMILES string of the molecule is CCCC[N+](CCCC)(CCCC)CCCC.CCCC[N+](CCCC)(CCCC)CCCC.CCCC[N+](CCCC)(CCCC)CCCC.CCCC[N+](CCCC)(CCCC)CCCC.CCN(CC)CC(O)COCC(CC)(COCC(O)CN(CC(=O)[O-])CC(=O)[O-])COCC(O)CN(CC(=O)[O-])CC(=O)[O-]. The molecule has 0 rings (SSSR count). The number of carbonyl (C=O) groups is 4. The van der Waals surface area contributed by atoms with E-state index in [1.165, 1.54) is 328 Å². The Bertz CT molecular complexity index is 1670. The van der Waals surface area contributed by atoms with Gasteiger partial charge in [0.15, 0.2) is 0 Å². The summed E-state index contributed by atoms with van der Waals surface area (Å²) in [5, 5.41) is 74.6. The van der Waals surface area contributed by atoms with Crippen molar-refractivity contribution in [2.45, 2.75) is 362 Å². The van der Waals surface area contributed by atoms with Gasteiger partial charge in [-0.2, -0.15) is 0 Å². The molecule has 0 aliphatic heterocycles. The average Bonchev–Trinajstić information content (AvgIpc) is 0.889. The Labute approximate surface area is 692 Å². The van der Waals surface area contributed by atoms with E-state index in [1.54, 1.807) is 6.92 Å². The van der Waals surface area contributed by atoms with E-state index in [1.807, 2.05) is 18.7 Å². The Morgan fingerprint density at radius 3 is 0.527 bits per heavy atom. The Hall–Kier alpha value is -2.64. The Morgan fingerprint density at radius 1 is 0.268 bits per heavy atom. The monoisotopic (exact) mass is 1610 g/mol. The van der Waals surface area contributed by atoms with Gasteiger partial charge in [0.1, 0.15) is 0 Å². The lowest BCUT2D eigenvalue weighted by molar-refractivity contribution is -0.929. The summed E-state index contributed by atoms with van der Waals surface area (Å²) in [5.41, 5.74) is -0.875. The summed E-state index contributed by atoms with van der Waals surface area (Å²) in [4.78, 5) is 47.4. The third-order valence-electron chi connectivity index (χ3n) is 22.4.